The first-order chi connectivity index (χ1) is 12.2. The number of rotatable bonds is 6. The molecule has 0 radical (unpaired) electrons. The third-order valence-corrected chi connectivity index (χ3v) is 6.74. The van der Waals surface area contributed by atoms with Crippen molar-refractivity contribution >= 4 is 16.1 Å². The topological polar surface area (TPSA) is 86.7 Å². The summed E-state index contributed by atoms with van der Waals surface area (Å²) in [5, 5.41) is 0. The molecule has 1 aromatic rings. The Bertz CT molecular complexity index is 747. The number of aromatic nitrogens is 2. The highest BCUT2D eigenvalue weighted by Gasteiger charge is 2.36. The number of aryl methyl sites for hydroxylation is 1. The standard InChI is InChI=1S/C17H29N5O3S/c1-6-21(7-2)17(23)14-12-18-16(19-13(14)3)15-10-8-9-11-22(15)26(24,25)20(4)5/h12,15H,6-11H2,1-5H3. The molecular weight excluding hydrogens is 354 g/mol. The summed E-state index contributed by atoms with van der Waals surface area (Å²) in [4.78, 5) is 23.2. The van der Waals surface area contributed by atoms with Crippen LogP contribution in [0.1, 0.15) is 61.0 Å². The van der Waals surface area contributed by atoms with E-state index in [4.69, 9.17) is 0 Å². The molecule has 1 saturated heterocycles. The van der Waals surface area contributed by atoms with Gasteiger partial charge in [-0.3, -0.25) is 4.79 Å². The number of carbonyl (C=O) groups is 1. The van der Waals surface area contributed by atoms with E-state index in [1.807, 2.05) is 13.8 Å². The largest absolute Gasteiger partial charge is 0.339 e. The molecule has 9 heteroatoms. The van der Waals surface area contributed by atoms with Crippen molar-refractivity contribution in [3.8, 4) is 0 Å². The average molecular weight is 384 g/mol. The number of carbonyl (C=O) groups excluding carboxylic acids is 1. The Morgan fingerprint density at radius 1 is 1.27 bits per heavy atom. The quantitative estimate of drug-likeness (QED) is 0.745. The minimum absolute atomic E-state index is 0.0968. The lowest BCUT2D eigenvalue weighted by Gasteiger charge is -2.35. The van der Waals surface area contributed by atoms with Crippen LogP contribution in [0.5, 0.6) is 0 Å². The predicted molar refractivity (Wildman–Crippen MR) is 99.9 cm³/mol. The number of hydrogen-bond donors (Lipinski definition) is 0. The van der Waals surface area contributed by atoms with E-state index in [2.05, 4.69) is 9.97 Å². The molecule has 1 aliphatic heterocycles. The highest BCUT2D eigenvalue weighted by molar-refractivity contribution is 7.86. The first-order valence-electron chi connectivity index (χ1n) is 9.06. The third kappa shape index (κ3) is 4.05. The second-order valence-corrected chi connectivity index (χ2v) is 8.71. The van der Waals surface area contributed by atoms with Crippen molar-refractivity contribution in [1.29, 1.82) is 0 Å². The summed E-state index contributed by atoms with van der Waals surface area (Å²) in [6, 6.07) is -0.396. The van der Waals surface area contributed by atoms with Crippen molar-refractivity contribution in [2.75, 3.05) is 33.7 Å². The van der Waals surface area contributed by atoms with Crippen molar-refractivity contribution in [1.82, 2.24) is 23.5 Å². The Kier molecular flexibility index (Phi) is 6.70. The summed E-state index contributed by atoms with van der Waals surface area (Å²) >= 11 is 0. The summed E-state index contributed by atoms with van der Waals surface area (Å²) in [6.45, 7) is 7.32. The van der Waals surface area contributed by atoms with Gasteiger partial charge in [0, 0.05) is 39.9 Å². The predicted octanol–water partition coefficient (Wildman–Crippen LogP) is 1.60. The van der Waals surface area contributed by atoms with Gasteiger partial charge in [-0.25, -0.2) is 9.97 Å². The van der Waals surface area contributed by atoms with Crippen LogP contribution in [0.4, 0.5) is 0 Å². The van der Waals surface area contributed by atoms with Gasteiger partial charge in [0.25, 0.3) is 16.1 Å². The van der Waals surface area contributed by atoms with Crippen molar-refractivity contribution in [2.45, 2.75) is 46.1 Å². The van der Waals surface area contributed by atoms with Crippen LogP contribution in [-0.2, 0) is 10.2 Å². The van der Waals surface area contributed by atoms with Gasteiger partial charge in [-0.15, -0.1) is 0 Å². The van der Waals surface area contributed by atoms with Gasteiger partial charge < -0.3 is 4.90 Å². The normalized spacial score (nSPS) is 18.9. The minimum Gasteiger partial charge on any atom is -0.339 e. The molecule has 26 heavy (non-hydrogen) atoms. The fraction of sp³-hybridized carbons (Fsp3) is 0.706. The number of nitrogens with zero attached hydrogens (tertiary/aromatic N) is 5. The Balaban J connectivity index is 2.36. The Hall–Kier alpha value is -1.58. The average Bonchev–Trinajstić information content (AvgIpc) is 2.62. The van der Waals surface area contributed by atoms with Crippen LogP contribution in [0.3, 0.4) is 0 Å². The van der Waals surface area contributed by atoms with E-state index in [0.29, 0.717) is 43.1 Å². The van der Waals surface area contributed by atoms with Gasteiger partial charge in [-0.1, -0.05) is 6.42 Å². The van der Waals surface area contributed by atoms with E-state index >= 15 is 0 Å². The first-order valence-corrected chi connectivity index (χ1v) is 10.5. The lowest BCUT2D eigenvalue weighted by atomic mass is 10.0. The summed E-state index contributed by atoms with van der Waals surface area (Å²) in [5.41, 5.74) is 1.05. The summed E-state index contributed by atoms with van der Waals surface area (Å²) in [6.07, 6.45) is 3.96. The molecule has 1 unspecified atom stereocenters. The fourth-order valence-electron chi connectivity index (χ4n) is 3.19. The smallest absolute Gasteiger partial charge is 0.282 e. The Morgan fingerprint density at radius 3 is 2.46 bits per heavy atom. The van der Waals surface area contributed by atoms with E-state index < -0.39 is 16.3 Å². The van der Waals surface area contributed by atoms with Crippen molar-refractivity contribution < 1.29 is 13.2 Å². The zero-order valence-corrected chi connectivity index (χ0v) is 17.1. The van der Waals surface area contributed by atoms with Gasteiger partial charge in [-0.2, -0.15) is 17.0 Å². The van der Waals surface area contributed by atoms with Crippen LogP contribution in [-0.4, -0.2) is 71.5 Å². The van der Waals surface area contributed by atoms with Gasteiger partial charge in [-0.05, 0) is 33.6 Å². The van der Waals surface area contributed by atoms with Crippen LogP contribution in [0.2, 0.25) is 0 Å². The number of hydrogen-bond acceptors (Lipinski definition) is 5. The van der Waals surface area contributed by atoms with E-state index in [0.717, 1.165) is 12.8 Å². The molecular formula is C17H29N5O3S. The van der Waals surface area contributed by atoms with E-state index in [9.17, 15) is 13.2 Å². The van der Waals surface area contributed by atoms with Gasteiger partial charge in [0.1, 0.15) is 5.82 Å². The molecule has 0 spiro atoms. The molecule has 0 aliphatic carbocycles. The van der Waals surface area contributed by atoms with Gasteiger partial charge in [0.2, 0.25) is 0 Å². The van der Waals surface area contributed by atoms with Crippen LogP contribution in [0.25, 0.3) is 0 Å². The Labute approximate surface area is 156 Å². The van der Waals surface area contributed by atoms with Crippen molar-refractivity contribution in [2.24, 2.45) is 0 Å². The van der Waals surface area contributed by atoms with E-state index in [-0.39, 0.29) is 5.91 Å². The molecule has 0 saturated carbocycles. The van der Waals surface area contributed by atoms with Crippen LogP contribution in [0.15, 0.2) is 6.20 Å². The monoisotopic (exact) mass is 383 g/mol. The number of amides is 1. The molecule has 1 fully saturated rings. The second kappa shape index (κ2) is 8.41. The molecule has 1 aliphatic rings. The molecule has 0 bridgehead atoms. The molecule has 2 rings (SSSR count). The van der Waals surface area contributed by atoms with Gasteiger partial charge >= 0.3 is 0 Å². The molecule has 0 aromatic carbocycles. The van der Waals surface area contributed by atoms with Gasteiger partial charge in [0.05, 0.1) is 17.3 Å². The SMILES string of the molecule is CCN(CC)C(=O)c1cnc(C2CCCCN2S(=O)(=O)N(C)C)nc1C. The lowest BCUT2D eigenvalue weighted by Crippen LogP contribution is -2.45. The highest BCUT2D eigenvalue weighted by atomic mass is 32.2. The zero-order valence-electron chi connectivity index (χ0n) is 16.3. The maximum Gasteiger partial charge on any atom is 0.282 e. The maximum absolute atomic E-state index is 12.6. The zero-order chi connectivity index (χ0) is 19.5. The number of piperidine rings is 1. The summed E-state index contributed by atoms with van der Waals surface area (Å²) < 4.78 is 28.0. The minimum atomic E-state index is -3.55. The third-order valence-electron chi connectivity index (χ3n) is 4.79. The van der Waals surface area contributed by atoms with E-state index in [1.54, 1.807) is 11.8 Å². The highest BCUT2D eigenvalue weighted by Crippen LogP contribution is 2.32. The first kappa shape index (κ1) is 20.7. The van der Waals surface area contributed by atoms with Crippen molar-refractivity contribution in [3.05, 3.63) is 23.3 Å². The Morgan fingerprint density at radius 2 is 1.92 bits per heavy atom. The molecule has 8 nitrogen and oxygen atoms in total. The summed E-state index contributed by atoms with van der Waals surface area (Å²) in [5.74, 6) is 0.365. The van der Waals surface area contributed by atoms with E-state index in [1.165, 1.54) is 28.9 Å². The molecule has 146 valence electrons. The second-order valence-electron chi connectivity index (χ2n) is 6.62. The van der Waals surface area contributed by atoms with Crippen molar-refractivity contribution in [3.63, 3.8) is 0 Å². The maximum atomic E-state index is 12.6. The molecule has 0 N–H and O–H groups in total. The van der Waals surface area contributed by atoms with Crippen LogP contribution < -0.4 is 0 Å². The molecule has 1 amide bonds. The summed E-state index contributed by atoms with van der Waals surface area (Å²) in [7, 11) is -0.493. The molecule has 1 aromatic heterocycles. The lowest BCUT2D eigenvalue weighted by molar-refractivity contribution is 0.0771. The molecule has 1 atom stereocenters. The molecule has 2 heterocycles. The van der Waals surface area contributed by atoms with Crippen LogP contribution in [0, 0.1) is 6.92 Å². The van der Waals surface area contributed by atoms with Gasteiger partial charge in [0.15, 0.2) is 0 Å². The fourth-order valence-corrected chi connectivity index (χ4v) is 4.49. The van der Waals surface area contributed by atoms with Crippen LogP contribution >= 0.6 is 0 Å².